The molecule has 9 heteroatoms. The molecule has 0 aliphatic carbocycles. The fraction of sp³-hybridized carbons (Fsp3) is 0.148. The minimum Gasteiger partial charge on any atom is -0.273 e. The molecule has 0 spiro atoms. The number of benzene rings is 3. The van der Waals surface area contributed by atoms with Crippen LogP contribution < -0.4 is 14.8 Å². The molecule has 0 radical (unpaired) electrons. The van der Waals surface area contributed by atoms with E-state index in [-0.39, 0.29) is 15.9 Å². The number of fused-ring (bicyclic) bond motifs is 1. The van der Waals surface area contributed by atoms with Crippen LogP contribution in [0.4, 0.5) is 11.4 Å². The van der Waals surface area contributed by atoms with Crippen LogP contribution >= 0.6 is 22.9 Å². The Labute approximate surface area is 215 Å². The monoisotopic (exact) mass is 517 g/mol. The van der Waals surface area contributed by atoms with E-state index in [1.54, 1.807) is 29.3 Å². The van der Waals surface area contributed by atoms with Crippen molar-refractivity contribution in [3.8, 4) is 5.69 Å². The summed E-state index contributed by atoms with van der Waals surface area (Å²) in [4.78, 5) is 48.1. The fourth-order valence-corrected chi connectivity index (χ4v) is 6.35. The summed E-state index contributed by atoms with van der Waals surface area (Å²) >= 11 is 7.79. The maximum absolute atomic E-state index is 13.9. The molecule has 2 fully saturated rings. The molecule has 0 saturated carbocycles. The van der Waals surface area contributed by atoms with E-state index in [2.05, 4.69) is 0 Å². The number of hydrogen-bond acceptors (Lipinski definition) is 6. The molecule has 2 saturated heterocycles. The van der Waals surface area contributed by atoms with Gasteiger partial charge >= 0.3 is 4.87 Å². The molecule has 3 atom stereocenters. The lowest BCUT2D eigenvalue weighted by Crippen LogP contribution is -2.37. The summed E-state index contributed by atoms with van der Waals surface area (Å²) in [5, 5.41) is 1.74. The molecule has 4 aromatic rings. The zero-order valence-corrected chi connectivity index (χ0v) is 20.6. The highest BCUT2D eigenvalue weighted by molar-refractivity contribution is 7.10. The molecule has 3 aromatic carbocycles. The van der Waals surface area contributed by atoms with Crippen molar-refractivity contribution in [2.45, 2.75) is 19.1 Å². The third kappa shape index (κ3) is 3.41. The highest BCUT2D eigenvalue weighted by Crippen LogP contribution is 2.50. The highest BCUT2D eigenvalue weighted by Gasteiger charge is 2.61. The van der Waals surface area contributed by atoms with Crippen LogP contribution in [0, 0.1) is 12.8 Å². The third-order valence-electron chi connectivity index (χ3n) is 6.54. The largest absolute Gasteiger partial charge is 0.313 e. The van der Waals surface area contributed by atoms with Gasteiger partial charge in [0, 0.05) is 0 Å². The zero-order chi connectivity index (χ0) is 25.0. The second-order valence-electron chi connectivity index (χ2n) is 8.65. The van der Waals surface area contributed by atoms with E-state index >= 15 is 0 Å². The van der Waals surface area contributed by atoms with E-state index in [0.717, 1.165) is 16.9 Å². The Balaban J connectivity index is 1.50. The minimum atomic E-state index is -1.04. The summed E-state index contributed by atoms with van der Waals surface area (Å²) < 4.78 is 1.42. The number of amides is 2. The van der Waals surface area contributed by atoms with E-state index in [0.29, 0.717) is 21.9 Å². The third-order valence-corrected chi connectivity index (χ3v) is 8.04. The van der Waals surface area contributed by atoms with Gasteiger partial charge in [-0.1, -0.05) is 77.5 Å². The van der Waals surface area contributed by atoms with Crippen molar-refractivity contribution in [1.82, 2.24) is 4.57 Å². The van der Waals surface area contributed by atoms with E-state index in [4.69, 9.17) is 16.4 Å². The molecule has 0 N–H and O–H groups in total. The number of para-hydroxylation sites is 3. The van der Waals surface area contributed by atoms with Crippen molar-refractivity contribution in [1.29, 1.82) is 0 Å². The second kappa shape index (κ2) is 8.74. The quantitative estimate of drug-likeness (QED) is 0.360. The van der Waals surface area contributed by atoms with Gasteiger partial charge in [0.2, 0.25) is 5.91 Å². The standard InChI is InChI=1S/C27H20ClN3O4S/c1-16-10-8-9-15-19(16)30-25(32)20-21(31(35-22(20)26(30)33)18-13-6-3-7-14-18)23-24(28)29(27(34)36-23)17-11-4-2-5-12-17/h2-15,20-22H,1H3/t20-,21-,22+/m0/s1. The highest BCUT2D eigenvalue weighted by atomic mass is 35.5. The van der Waals surface area contributed by atoms with Gasteiger partial charge in [-0.2, -0.15) is 0 Å². The van der Waals surface area contributed by atoms with Gasteiger partial charge in [-0.15, -0.1) is 0 Å². The molecule has 0 bridgehead atoms. The van der Waals surface area contributed by atoms with Crippen molar-refractivity contribution >= 4 is 46.1 Å². The van der Waals surface area contributed by atoms with Crippen molar-refractivity contribution in [3.05, 3.63) is 110 Å². The number of anilines is 2. The number of halogens is 1. The normalized spacial score (nSPS) is 21.3. The SMILES string of the molecule is Cc1ccccc1N1C(=O)[C@H]2[C@@H](c3sc(=O)n(-c4ccccc4)c3Cl)N(c3ccccc3)O[C@H]2C1=O. The summed E-state index contributed by atoms with van der Waals surface area (Å²) in [6.07, 6.45) is -1.04. The minimum absolute atomic E-state index is 0.195. The van der Waals surface area contributed by atoms with Gasteiger partial charge < -0.3 is 0 Å². The molecule has 7 nitrogen and oxygen atoms in total. The number of nitrogens with zero attached hydrogens (tertiary/aromatic N) is 3. The van der Waals surface area contributed by atoms with Crippen LogP contribution in [-0.4, -0.2) is 22.5 Å². The lowest BCUT2D eigenvalue weighted by molar-refractivity contribution is -0.126. The second-order valence-corrected chi connectivity index (χ2v) is 10.0. The molecular formula is C27H20ClN3O4S. The lowest BCUT2D eigenvalue weighted by Gasteiger charge is -2.28. The number of rotatable bonds is 4. The summed E-state index contributed by atoms with van der Waals surface area (Å²) in [5.74, 6) is -1.70. The number of thiazole rings is 1. The summed E-state index contributed by atoms with van der Waals surface area (Å²) in [7, 11) is 0. The number of hydrogen-bond donors (Lipinski definition) is 0. The Morgan fingerprint density at radius 1 is 0.806 bits per heavy atom. The van der Waals surface area contributed by atoms with E-state index in [9.17, 15) is 14.4 Å². The summed E-state index contributed by atoms with van der Waals surface area (Å²) in [6.45, 7) is 1.85. The molecule has 180 valence electrons. The fourth-order valence-electron chi connectivity index (χ4n) is 4.88. The predicted octanol–water partition coefficient (Wildman–Crippen LogP) is 4.91. The number of carbonyl (C=O) groups is 2. The van der Waals surface area contributed by atoms with Crippen LogP contribution in [0.1, 0.15) is 16.5 Å². The first-order valence-electron chi connectivity index (χ1n) is 11.4. The first-order valence-corrected chi connectivity index (χ1v) is 12.6. The average molecular weight is 518 g/mol. The predicted molar refractivity (Wildman–Crippen MR) is 139 cm³/mol. The van der Waals surface area contributed by atoms with Crippen LogP contribution in [0.15, 0.2) is 89.7 Å². The number of hydroxylamine groups is 1. The van der Waals surface area contributed by atoms with Crippen molar-refractivity contribution in [2.75, 3.05) is 9.96 Å². The first kappa shape index (κ1) is 22.7. The van der Waals surface area contributed by atoms with Gasteiger partial charge in [-0.25, -0.2) is 9.96 Å². The van der Waals surface area contributed by atoms with Gasteiger partial charge in [-0.3, -0.25) is 23.8 Å². The molecule has 2 amide bonds. The molecule has 2 aliphatic rings. The van der Waals surface area contributed by atoms with E-state index < -0.39 is 24.0 Å². The van der Waals surface area contributed by atoms with Gasteiger partial charge in [-0.05, 0) is 42.8 Å². The van der Waals surface area contributed by atoms with Gasteiger partial charge in [0.1, 0.15) is 17.1 Å². The van der Waals surface area contributed by atoms with Crippen LogP contribution in [0.2, 0.25) is 5.15 Å². The number of imide groups is 1. The summed E-state index contributed by atoms with van der Waals surface area (Å²) in [5.41, 5.74) is 2.60. The Morgan fingerprint density at radius 3 is 2.08 bits per heavy atom. The summed E-state index contributed by atoms with van der Waals surface area (Å²) in [6, 6.07) is 24.7. The molecule has 0 unspecified atom stereocenters. The Morgan fingerprint density at radius 2 is 1.42 bits per heavy atom. The molecule has 1 aromatic heterocycles. The number of aryl methyl sites for hydroxylation is 1. The average Bonchev–Trinajstić information content (AvgIpc) is 3.50. The zero-order valence-electron chi connectivity index (χ0n) is 19.1. The lowest BCUT2D eigenvalue weighted by atomic mass is 9.95. The van der Waals surface area contributed by atoms with Gasteiger partial charge in [0.15, 0.2) is 6.10 Å². The van der Waals surface area contributed by atoms with Crippen LogP contribution in [0.5, 0.6) is 0 Å². The first-order chi connectivity index (χ1) is 17.5. The molecule has 3 heterocycles. The maximum atomic E-state index is 13.9. The van der Waals surface area contributed by atoms with Crippen LogP contribution in [-0.2, 0) is 14.4 Å². The van der Waals surface area contributed by atoms with E-state index in [1.165, 1.54) is 9.47 Å². The molecular weight excluding hydrogens is 498 g/mol. The van der Waals surface area contributed by atoms with Crippen molar-refractivity contribution in [3.63, 3.8) is 0 Å². The number of aromatic nitrogens is 1. The van der Waals surface area contributed by atoms with Crippen molar-refractivity contribution < 1.29 is 14.4 Å². The Bertz CT molecular complexity index is 1540. The van der Waals surface area contributed by atoms with Crippen molar-refractivity contribution in [2.24, 2.45) is 5.92 Å². The van der Waals surface area contributed by atoms with Gasteiger partial charge in [0.05, 0.1) is 21.9 Å². The Hall–Kier alpha value is -3.72. The van der Waals surface area contributed by atoms with E-state index in [1.807, 2.05) is 67.6 Å². The Kier molecular flexibility index (Phi) is 5.52. The molecule has 6 rings (SSSR count). The van der Waals surface area contributed by atoms with Gasteiger partial charge in [0.25, 0.3) is 5.91 Å². The topological polar surface area (TPSA) is 71.8 Å². The molecule has 36 heavy (non-hydrogen) atoms. The smallest absolute Gasteiger partial charge is 0.273 e. The molecule has 2 aliphatic heterocycles. The maximum Gasteiger partial charge on any atom is 0.313 e. The van der Waals surface area contributed by atoms with Crippen LogP contribution in [0.3, 0.4) is 0 Å². The number of carbonyl (C=O) groups excluding carboxylic acids is 2. The van der Waals surface area contributed by atoms with Crippen LogP contribution in [0.25, 0.3) is 5.69 Å².